The maximum atomic E-state index is 6.57. The highest BCUT2D eigenvalue weighted by molar-refractivity contribution is 6.09. The molecule has 0 amide bonds. The van der Waals surface area contributed by atoms with Crippen LogP contribution in [0.3, 0.4) is 0 Å². The molecule has 3 heterocycles. The lowest BCUT2D eigenvalue weighted by Gasteiger charge is -2.26. The highest BCUT2D eigenvalue weighted by atomic mass is 16.5. The summed E-state index contributed by atoms with van der Waals surface area (Å²) in [6.45, 7) is 11.3. The largest absolute Gasteiger partial charge is 0.457 e. The Hall–Kier alpha value is -5.68. The van der Waals surface area contributed by atoms with Crippen LogP contribution in [0.5, 0.6) is 11.5 Å². The molecule has 0 saturated heterocycles. The fourth-order valence-corrected chi connectivity index (χ4v) is 6.73. The molecular weight excluding hydrogens is 589 g/mol. The molecule has 0 aliphatic rings. The Morgan fingerprint density at radius 3 is 2.17 bits per heavy atom. The van der Waals surface area contributed by atoms with Crippen molar-refractivity contribution in [2.75, 3.05) is 0 Å². The molecule has 0 spiro atoms. The molecule has 0 atom stereocenters. The van der Waals surface area contributed by atoms with E-state index < -0.39 is 0 Å². The molecule has 0 saturated carbocycles. The second kappa shape index (κ2) is 11.2. The Morgan fingerprint density at radius 1 is 0.542 bits per heavy atom. The molecule has 236 valence electrons. The summed E-state index contributed by atoms with van der Waals surface area (Å²) in [5.74, 6) is 2.40. The van der Waals surface area contributed by atoms with E-state index in [1.54, 1.807) is 0 Å². The molecule has 0 fully saturated rings. The lowest BCUT2D eigenvalue weighted by molar-refractivity contribution is 0.483. The maximum Gasteiger partial charge on any atom is 0.137 e. The molecule has 3 aromatic heterocycles. The van der Waals surface area contributed by atoms with E-state index in [0.717, 1.165) is 50.5 Å². The van der Waals surface area contributed by atoms with Gasteiger partial charge in [-0.3, -0.25) is 9.13 Å². The number of para-hydroxylation sites is 2. The van der Waals surface area contributed by atoms with Crippen LogP contribution in [-0.4, -0.2) is 19.1 Å². The van der Waals surface area contributed by atoms with E-state index in [0.29, 0.717) is 0 Å². The third kappa shape index (κ3) is 5.12. The number of nitrogens with zero attached hydrogens (tertiary/aromatic N) is 4. The second-order valence-corrected chi connectivity index (χ2v) is 14.1. The summed E-state index contributed by atoms with van der Waals surface area (Å²) in [6, 6.07) is 44.5. The number of hydrogen-bond donors (Lipinski definition) is 0. The Labute approximate surface area is 281 Å². The average Bonchev–Trinajstić information content (AvgIpc) is 3.67. The summed E-state index contributed by atoms with van der Waals surface area (Å²) in [4.78, 5) is 9.53. The minimum atomic E-state index is -0.197. The topological polar surface area (TPSA) is 44.9 Å². The Balaban J connectivity index is 1.26. The molecular formula is C43H38N4O. The first-order valence-electron chi connectivity index (χ1n) is 16.5. The number of hydrogen-bond acceptors (Lipinski definition) is 3. The first-order chi connectivity index (χ1) is 23.2. The fourth-order valence-electron chi connectivity index (χ4n) is 6.73. The van der Waals surface area contributed by atoms with Gasteiger partial charge in [-0.2, -0.15) is 0 Å². The van der Waals surface area contributed by atoms with E-state index in [4.69, 9.17) is 9.72 Å². The minimum absolute atomic E-state index is 0.0229. The van der Waals surface area contributed by atoms with Gasteiger partial charge < -0.3 is 4.74 Å². The Morgan fingerprint density at radius 2 is 1.33 bits per heavy atom. The van der Waals surface area contributed by atoms with E-state index in [1.165, 1.54) is 22.1 Å². The SMILES string of the molecule is CC(C)(C)c1ccc2c(c1)c1ccc(Oc3cccc(-n4cnc5ccccc54)c3)cc1n2-c1cc(C(C)(C)c2ccccc2)ccn1. The first kappa shape index (κ1) is 29.7. The third-order valence-corrected chi connectivity index (χ3v) is 9.58. The minimum Gasteiger partial charge on any atom is -0.457 e. The quantitative estimate of drug-likeness (QED) is 0.184. The molecule has 0 N–H and O–H groups in total. The van der Waals surface area contributed by atoms with Crippen molar-refractivity contribution in [3.05, 3.63) is 157 Å². The third-order valence-electron chi connectivity index (χ3n) is 9.58. The predicted octanol–water partition coefficient (Wildman–Crippen LogP) is 10.9. The number of rotatable bonds is 6. The van der Waals surface area contributed by atoms with Gasteiger partial charge in [0.15, 0.2) is 0 Å². The smallest absolute Gasteiger partial charge is 0.137 e. The van der Waals surface area contributed by atoms with Gasteiger partial charge in [-0.25, -0.2) is 9.97 Å². The molecule has 0 unspecified atom stereocenters. The number of benzene rings is 5. The van der Waals surface area contributed by atoms with E-state index >= 15 is 0 Å². The molecule has 8 rings (SSSR count). The molecule has 48 heavy (non-hydrogen) atoms. The molecule has 5 nitrogen and oxygen atoms in total. The van der Waals surface area contributed by atoms with Crippen molar-refractivity contribution in [1.29, 1.82) is 0 Å². The van der Waals surface area contributed by atoms with Crippen molar-refractivity contribution in [2.24, 2.45) is 0 Å². The van der Waals surface area contributed by atoms with E-state index in [1.807, 2.05) is 42.9 Å². The van der Waals surface area contributed by atoms with Crippen molar-refractivity contribution >= 4 is 32.8 Å². The second-order valence-electron chi connectivity index (χ2n) is 14.1. The van der Waals surface area contributed by atoms with Crippen molar-refractivity contribution < 1.29 is 4.74 Å². The fraction of sp³-hybridized carbons (Fsp3) is 0.163. The van der Waals surface area contributed by atoms with Gasteiger partial charge in [-0.1, -0.05) is 89.2 Å². The lowest BCUT2D eigenvalue weighted by atomic mass is 9.78. The number of aromatic nitrogens is 4. The Kier molecular flexibility index (Phi) is 6.95. The zero-order valence-electron chi connectivity index (χ0n) is 28.0. The average molecular weight is 627 g/mol. The van der Waals surface area contributed by atoms with Crippen molar-refractivity contribution in [2.45, 2.75) is 45.4 Å². The lowest BCUT2D eigenvalue weighted by Crippen LogP contribution is -2.19. The van der Waals surface area contributed by atoms with E-state index in [9.17, 15) is 0 Å². The van der Waals surface area contributed by atoms with Crippen LogP contribution >= 0.6 is 0 Å². The molecule has 0 radical (unpaired) electrons. The molecule has 5 aromatic carbocycles. The van der Waals surface area contributed by atoms with Crippen molar-refractivity contribution in [3.8, 4) is 23.0 Å². The molecule has 0 aliphatic carbocycles. The number of imidazole rings is 1. The monoisotopic (exact) mass is 626 g/mol. The van der Waals surface area contributed by atoms with Crippen LogP contribution in [0.4, 0.5) is 0 Å². The molecule has 0 aliphatic heterocycles. The number of ether oxygens (including phenoxy) is 1. The summed E-state index contributed by atoms with van der Waals surface area (Å²) in [7, 11) is 0. The number of pyridine rings is 1. The van der Waals surface area contributed by atoms with Crippen LogP contribution in [0.25, 0.3) is 44.3 Å². The summed E-state index contributed by atoms with van der Waals surface area (Å²) in [5.41, 5.74) is 8.77. The predicted molar refractivity (Wildman–Crippen MR) is 197 cm³/mol. The molecule has 5 heteroatoms. The van der Waals surface area contributed by atoms with Gasteiger partial charge in [0.25, 0.3) is 0 Å². The summed E-state index contributed by atoms with van der Waals surface area (Å²) in [6.07, 6.45) is 3.79. The van der Waals surface area contributed by atoms with Crippen LogP contribution in [0.1, 0.15) is 51.3 Å². The Bertz CT molecular complexity index is 2440. The highest BCUT2D eigenvalue weighted by Crippen LogP contribution is 2.39. The first-order valence-corrected chi connectivity index (χ1v) is 16.5. The van der Waals surface area contributed by atoms with E-state index in [2.05, 4.69) is 146 Å². The van der Waals surface area contributed by atoms with Crippen LogP contribution in [0, 0.1) is 0 Å². The van der Waals surface area contributed by atoms with Gasteiger partial charge in [0.1, 0.15) is 23.6 Å². The van der Waals surface area contributed by atoms with Crippen LogP contribution < -0.4 is 4.74 Å². The van der Waals surface area contributed by atoms with E-state index in [-0.39, 0.29) is 10.8 Å². The van der Waals surface area contributed by atoms with Gasteiger partial charge in [0, 0.05) is 34.5 Å². The highest BCUT2D eigenvalue weighted by Gasteiger charge is 2.25. The summed E-state index contributed by atoms with van der Waals surface area (Å²) in [5, 5.41) is 2.36. The zero-order chi connectivity index (χ0) is 33.0. The maximum absolute atomic E-state index is 6.57. The summed E-state index contributed by atoms with van der Waals surface area (Å²) < 4.78 is 10.9. The molecule has 0 bridgehead atoms. The van der Waals surface area contributed by atoms with Crippen LogP contribution in [0.2, 0.25) is 0 Å². The zero-order valence-corrected chi connectivity index (χ0v) is 28.0. The van der Waals surface area contributed by atoms with Gasteiger partial charge >= 0.3 is 0 Å². The van der Waals surface area contributed by atoms with Crippen LogP contribution in [-0.2, 0) is 10.8 Å². The number of fused-ring (bicyclic) bond motifs is 4. The molecule has 8 aromatic rings. The van der Waals surface area contributed by atoms with Crippen LogP contribution in [0.15, 0.2) is 140 Å². The van der Waals surface area contributed by atoms with Crippen molar-refractivity contribution in [1.82, 2.24) is 19.1 Å². The summed E-state index contributed by atoms with van der Waals surface area (Å²) >= 11 is 0. The normalized spacial score (nSPS) is 12.3. The van der Waals surface area contributed by atoms with Gasteiger partial charge in [-0.05, 0) is 82.8 Å². The van der Waals surface area contributed by atoms with Gasteiger partial charge in [0.05, 0.1) is 27.8 Å². The van der Waals surface area contributed by atoms with Gasteiger partial charge in [0.2, 0.25) is 0 Å². The van der Waals surface area contributed by atoms with Crippen molar-refractivity contribution in [3.63, 3.8) is 0 Å². The van der Waals surface area contributed by atoms with Gasteiger partial charge in [-0.15, -0.1) is 0 Å². The standard InChI is InChI=1S/C43H38N4O/c1-42(2,3)30-18-21-38-36(24-30)35-20-19-34(48-33-15-11-14-32(26-33)46-28-45-37-16-9-10-17-39(37)46)27-40(35)47(38)41-25-31(22-23-44-41)43(4,5)29-12-7-6-8-13-29/h6-28H,1-5H3.